The van der Waals surface area contributed by atoms with Gasteiger partial charge in [0.2, 0.25) is 0 Å². The largest absolute Gasteiger partial charge is 0.464 e. The topological polar surface area (TPSA) is 55.7 Å². The van der Waals surface area contributed by atoms with Crippen LogP contribution in [-0.2, 0) is 14.3 Å². The maximum absolute atomic E-state index is 12.9. The molecule has 1 aliphatic heterocycles. The van der Waals surface area contributed by atoms with Gasteiger partial charge >= 0.3 is 0 Å². The number of rotatable bonds is 1. The smallest absolute Gasteiger partial charge is 0.195 e. The molecule has 0 spiro atoms. The second-order valence-corrected chi connectivity index (χ2v) is 10.2. The molecule has 0 radical (unpaired) electrons. The first-order valence-electron chi connectivity index (χ1n) is 10.7. The zero-order valence-corrected chi connectivity index (χ0v) is 17.0. The molecule has 27 heavy (non-hydrogen) atoms. The van der Waals surface area contributed by atoms with Crippen molar-refractivity contribution in [3.8, 4) is 0 Å². The molecule has 0 aromatic carbocycles. The van der Waals surface area contributed by atoms with Crippen LogP contribution in [-0.4, -0.2) is 29.1 Å². The highest BCUT2D eigenvalue weighted by atomic mass is 16.5. The molecule has 7 unspecified atom stereocenters. The Morgan fingerprint density at radius 3 is 2.70 bits per heavy atom. The molecule has 1 heterocycles. The van der Waals surface area contributed by atoms with Gasteiger partial charge in [-0.25, -0.2) is 4.99 Å². The number of carbonyl (C=O) groups excluding carboxylic acids is 2. The second kappa shape index (κ2) is 5.33. The van der Waals surface area contributed by atoms with E-state index in [4.69, 9.17) is 9.73 Å². The van der Waals surface area contributed by atoms with Crippen molar-refractivity contribution in [2.75, 3.05) is 0 Å². The van der Waals surface area contributed by atoms with Crippen molar-refractivity contribution in [1.29, 1.82) is 0 Å². The molecule has 4 aliphatic carbocycles. The van der Waals surface area contributed by atoms with Crippen LogP contribution in [0.5, 0.6) is 0 Å². The van der Waals surface area contributed by atoms with E-state index in [1.54, 1.807) is 6.92 Å². The highest BCUT2D eigenvalue weighted by molar-refractivity contribution is 5.93. The van der Waals surface area contributed by atoms with E-state index in [0.29, 0.717) is 35.9 Å². The first-order valence-corrected chi connectivity index (χ1v) is 10.7. The van der Waals surface area contributed by atoms with Crippen molar-refractivity contribution in [1.82, 2.24) is 0 Å². The summed E-state index contributed by atoms with van der Waals surface area (Å²) in [4.78, 5) is 29.7. The van der Waals surface area contributed by atoms with E-state index in [-0.39, 0.29) is 22.7 Å². The Kier molecular flexibility index (Phi) is 3.48. The summed E-state index contributed by atoms with van der Waals surface area (Å²) in [6.07, 6.45) is 8.96. The second-order valence-electron chi connectivity index (χ2n) is 10.2. The van der Waals surface area contributed by atoms with Crippen molar-refractivity contribution < 1.29 is 14.3 Å². The lowest BCUT2D eigenvalue weighted by molar-refractivity contribution is -0.155. The van der Waals surface area contributed by atoms with Crippen LogP contribution in [0.2, 0.25) is 0 Å². The van der Waals surface area contributed by atoms with Gasteiger partial charge in [-0.1, -0.05) is 19.4 Å². The number of ketones is 2. The van der Waals surface area contributed by atoms with Crippen LogP contribution < -0.4 is 0 Å². The zero-order valence-electron chi connectivity index (χ0n) is 17.0. The Hall–Kier alpha value is -1.45. The molecule has 0 N–H and O–H groups in total. The summed E-state index contributed by atoms with van der Waals surface area (Å²) in [7, 11) is 0. The van der Waals surface area contributed by atoms with Crippen LogP contribution in [0, 0.1) is 28.6 Å². The summed E-state index contributed by atoms with van der Waals surface area (Å²) in [5, 5.41) is 0. The van der Waals surface area contributed by atoms with E-state index in [9.17, 15) is 9.59 Å². The minimum absolute atomic E-state index is 0.0126. The first kappa shape index (κ1) is 17.6. The third-order valence-corrected chi connectivity index (χ3v) is 9.32. The minimum Gasteiger partial charge on any atom is -0.464 e. The number of nitrogens with zero attached hydrogens (tertiary/aromatic N) is 1. The molecular weight excluding hydrogens is 338 g/mol. The fraction of sp³-hybridized carbons (Fsp3) is 0.783. The van der Waals surface area contributed by atoms with Crippen LogP contribution in [0.4, 0.5) is 0 Å². The Balaban J connectivity index is 1.55. The average Bonchev–Trinajstić information content (AvgIpc) is 3.06. The molecule has 146 valence electrons. The Morgan fingerprint density at radius 1 is 1.19 bits per heavy atom. The zero-order chi connectivity index (χ0) is 19.2. The number of ether oxygens (including phenoxy) is 1. The van der Waals surface area contributed by atoms with Gasteiger partial charge in [-0.3, -0.25) is 9.59 Å². The maximum Gasteiger partial charge on any atom is 0.195 e. The third-order valence-electron chi connectivity index (χ3n) is 9.32. The van der Waals surface area contributed by atoms with Crippen molar-refractivity contribution in [2.45, 2.75) is 84.3 Å². The van der Waals surface area contributed by atoms with E-state index in [1.807, 2.05) is 13.0 Å². The lowest BCUT2D eigenvalue weighted by Crippen LogP contribution is -2.59. The summed E-state index contributed by atoms with van der Waals surface area (Å²) < 4.78 is 6.28. The molecule has 0 bridgehead atoms. The molecule has 7 atom stereocenters. The van der Waals surface area contributed by atoms with Gasteiger partial charge in [-0.2, -0.15) is 0 Å². The Morgan fingerprint density at radius 2 is 1.96 bits per heavy atom. The van der Waals surface area contributed by atoms with Gasteiger partial charge in [-0.05, 0) is 74.7 Å². The summed E-state index contributed by atoms with van der Waals surface area (Å²) in [6, 6.07) is -0.0126. The molecule has 5 aliphatic rings. The SMILES string of the molecule is CC(=O)C12OC(C)=NC1CC1C3CCC4=CC(=O)CCC4(C)C3CCC12C. The minimum atomic E-state index is -0.744. The number of hydrogen-bond donors (Lipinski definition) is 0. The van der Waals surface area contributed by atoms with Crippen molar-refractivity contribution in [2.24, 2.45) is 33.6 Å². The highest BCUT2D eigenvalue weighted by Crippen LogP contribution is 2.69. The predicted octanol–water partition coefficient (Wildman–Crippen LogP) is 4.27. The number of Topliss-reactive ketones (excluding diaryl/α,β-unsaturated/α-hetero) is 1. The van der Waals surface area contributed by atoms with Gasteiger partial charge in [0.25, 0.3) is 0 Å². The molecule has 4 nitrogen and oxygen atoms in total. The van der Waals surface area contributed by atoms with Crippen molar-refractivity contribution in [3.63, 3.8) is 0 Å². The van der Waals surface area contributed by atoms with Gasteiger partial charge in [0.15, 0.2) is 23.1 Å². The number of allylic oxidation sites excluding steroid dienone is 1. The average molecular weight is 370 g/mol. The molecule has 0 saturated heterocycles. The quantitative estimate of drug-likeness (QED) is 0.693. The summed E-state index contributed by atoms with van der Waals surface area (Å²) in [5.41, 5.74) is 0.688. The normalized spacial score (nSPS) is 50.6. The number of carbonyl (C=O) groups is 2. The van der Waals surface area contributed by atoms with Crippen LogP contribution in [0.15, 0.2) is 16.6 Å². The Bertz CT molecular complexity index is 797. The number of aliphatic imine (C=N–C) groups is 1. The lowest BCUT2D eigenvalue weighted by atomic mass is 9.46. The maximum atomic E-state index is 12.9. The molecule has 0 aromatic heterocycles. The molecule has 5 rings (SSSR count). The van der Waals surface area contributed by atoms with Gasteiger partial charge in [-0.15, -0.1) is 0 Å². The van der Waals surface area contributed by atoms with E-state index < -0.39 is 5.60 Å². The number of fused-ring (bicyclic) bond motifs is 7. The molecule has 4 heteroatoms. The van der Waals surface area contributed by atoms with E-state index >= 15 is 0 Å². The fourth-order valence-corrected chi connectivity index (χ4v) is 8.08. The van der Waals surface area contributed by atoms with Crippen LogP contribution in [0.3, 0.4) is 0 Å². The first-order chi connectivity index (χ1) is 12.7. The van der Waals surface area contributed by atoms with Crippen LogP contribution >= 0.6 is 0 Å². The van der Waals surface area contributed by atoms with Gasteiger partial charge in [0.05, 0.1) is 0 Å². The molecule has 3 fully saturated rings. The molecular formula is C23H31NO3. The fourth-order valence-electron chi connectivity index (χ4n) is 8.08. The summed E-state index contributed by atoms with van der Waals surface area (Å²) in [5.74, 6) is 2.87. The highest BCUT2D eigenvalue weighted by Gasteiger charge is 2.73. The van der Waals surface area contributed by atoms with Crippen molar-refractivity contribution in [3.05, 3.63) is 11.6 Å². The predicted molar refractivity (Wildman–Crippen MR) is 103 cm³/mol. The molecule has 3 saturated carbocycles. The molecule has 0 aromatic rings. The van der Waals surface area contributed by atoms with E-state index in [1.165, 1.54) is 5.57 Å². The molecule has 0 amide bonds. The third kappa shape index (κ3) is 1.97. The van der Waals surface area contributed by atoms with Gasteiger partial charge in [0, 0.05) is 18.8 Å². The lowest BCUT2D eigenvalue weighted by Gasteiger charge is -2.58. The monoisotopic (exact) mass is 369 g/mol. The van der Waals surface area contributed by atoms with E-state index in [0.717, 1.165) is 38.5 Å². The van der Waals surface area contributed by atoms with Crippen molar-refractivity contribution >= 4 is 17.5 Å². The van der Waals surface area contributed by atoms with Crippen LogP contribution in [0.1, 0.15) is 72.6 Å². The van der Waals surface area contributed by atoms with Gasteiger partial charge < -0.3 is 4.74 Å². The summed E-state index contributed by atoms with van der Waals surface area (Å²) >= 11 is 0. The summed E-state index contributed by atoms with van der Waals surface area (Å²) in [6.45, 7) is 8.31. The Labute approximate surface area is 161 Å². The van der Waals surface area contributed by atoms with Gasteiger partial charge in [0.1, 0.15) is 6.04 Å². The van der Waals surface area contributed by atoms with Crippen LogP contribution in [0.25, 0.3) is 0 Å². The van der Waals surface area contributed by atoms with E-state index in [2.05, 4.69) is 13.8 Å². The number of hydrogen-bond acceptors (Lipinski definition) is 4. The standard InChI is InChI=1S/C23H31NO3/c1-13(25)23-20(24-14(2)27-23)12-19-17-6-5-15-11-16(26)7-9-21(15,3)18(17)8-10-22(19,23)4/h11,17-20H,5-10,12H2,1-4H3.